The maximum Gasteiger partial charge on any atom is 0.224 e. The molecule has 1 unspecified atom stereocenters. The smallest absolute Gasteiger partial charge is 0.224 e. The number of nitrogens with one attached hydrogen (secondary N) is 1. The lowest BCUT2D eigenvalue weighted by atomic mass is 9.87. The molecule has 0 spiro atoms. The molecule has 1 aromatic rings. The van der Waals surface area contributed by atoms with Gasteiger partial charge in [0.1, 0.15) is 0 Å². The highest BCUT2D eigenvalue weighted by Crippen LogP contribution is 2.30. The monoisotopic (exact) mass is 323 g/mol. The van der Waals surface area contributed by atoms with Crippen molar-refractivity contribution in [1.29, 1.82) is 0 Å². The Hall–Kier alpha value is -0.830. The van der Waals surface area contributed by atoms with Crippen LogP contribution in [0.1, 0.15) is 55.8 Å². The molecular weight excluding hydrogens is 302 g/mol. The van der Waals surface area contributed by atoms with Crippen molar-refractivity contribution >= 4 is 27.5 Å². The quantitative estimate of drug-likeness (QED) is 0.771. The van der Waals surface area contributed by atoms with E-state index in [4.69, 9.17) is 0 Å². The SMILES string of the molecule is CC(Br)c1ccccc1NC(=O)CC1CCCCC1. The second-order valence-electron chi connectivity index (χ2n) is 5.46. The number of halogens is 1. The van der Waals surface area contributed by atoms with Crippen molar-refractivity contribution in [3.8, 4) is 0 Å². The highest BCUT2D eigenvalue weighted by molar-refractivity contribution is 9.09. The third kappa shape index (κ3) is 4.34. The predicted octanol–water partition coefficient (Wildman–Crippen LogP) is 5.05. The molecule has 0 aromatic heterocycles. The van der Waals surface area contributed by atoms with Gasteiger partial charge >= 0.3 is 0 Å². The second-order valence-corrected chi connectivity index (χ2v) is 6.83. The summed E-state index contributed by atoms with van der Waals surface area (Å²) >= 11 is 3.57. The Labute approximate surface area is 124 Å². The zero-order valence-corrected chi connectivity index (χ0v) is 13.1. The van der Waals surface area contributed by atoms with E-state index in [9.17, 15) is 4.79 Å². The molecule has 1 aliphatic carbocycles. The van der Waals surface area contributed by atoms with Crippen LogP contribution in [0.15, 0.2) is 24.3 Å². The van der Waals surface area contributed by atoms with Crippen molar-refractivity contribution in [3.63, 3.8) is 0 Å². The van der Waals surface area contributed by atoms with E-state index in [2.05, 4.69) is 34.2 Å². The number of rotatable bonds is 4. The highest BCUT2D eigenvalue weighted by Gasteiger charge is 2.18. The zero-order chi connectivity index (χ0) is 13.7. The van der Waals surface area contributed by atoms with Gasteiger partial charge in [-0.2, -0.15) is 0 Å². The molecule has 0 saturated heterocycles. The fourth-order valence-electron chi connectivity index (χ4n) is 2.81. The molecule has 0 radical (unpaired) electrons. The van der Waals surface area contributed by atoms with Crippen LogP contribution in [0.5, 0.6) is 0 Å². The molecule has 1 N–H and O–H groups in total. The predicted molar refractivity (Wildman–Crippen MR) is 83.6 cm³/mol. The van der Waals surface area contributed by atoms with Gasteiger partial charge in [-0.25, -0.2) is 0 Å². The van der Waals surface area contributed by atoms with E-state index in [1.165, 1.54) is 32.1 Å². The Morgan fingerprint density at radius 3 is 2.68 bits per heavy atom. The molecule has 3 heteroatoms. The van der Waals surface area contributed by atoms with E-state index in [1.54, 1.807) is 0 Å². The number of alkyl halides is 1. The standard InChI is InChI=1S/C16H22BrNO/c1-12(17)14-9-5-6-10-15(14)18-16(19)11-13-7-3-2-4-8-13/h5-6,9-10,12-13H,2-4,7-8,11H2,1H3,(H,18,19). The maximum absolute atomic E-state index is 12.1. The lowest BCUT2D eigenvalue weighted by Gasteiger charge is -2.21. The Morgan fingerprint density at radius 2 is 2.00 bits per heavy atom. The van der Waals surface area contributed by atoms with Gasteiger partial charge in [-0.05, 0) is 37.3 Å². The van der Waals surface area contributed by atoms with Crippen LogP contribution in [0.4, 0.5) is 5.69 Å². The summed E-state index contributed by atoms with van der Waals surface area (Å²) < 4.78 is 0. The summed E-state index contributed by atoms with van der Waals surface area (Å²) in [5.74, 6) is 0.745. The molecular formula is C16H22BrNO. The number of benzene rings is 1. The molecule has 0 bridgehead atoms. The van der Waals surface area contributed by atoms with Gasteiger partial charge in [-0.15, -0.1) is 0 Å². The first kappa shape index (κ1) is 14.6. The van der Waals surface area contributed by atoms with Gasteiger partial charge in [0.15, 0.2) is 0 Å². The summed E-state index contributed by atoms with van der Waals surface area (Å²) in [6.07, 6.45) is 7.00. The van der Waals surface area contributed by atoms with E-state index in [0.717, 1.165) is 11.3 Å². The molecule has 0 aliphatic heterocycles. The first-order valence-corrected chi connectivity index (χ1v) is 8.11. The zero-order valence-electron chi connectivity index (χ0n) is 11.5. The molecule has 104 valence electrons. The average Bonchev–Trinajstić information content (AvgIpc) is 2.40. The largest absolute Gasteiger partial charge is 0.326 e. The first-order chi connectivity index (χ1) is 9.16. The van der Waals surface area contributed by atoms with E-state index in [-0.39, 0.29) is 10.7 Å². The topological polar surface area (TPSA) is 29.1 Å². The van der Waals surface area contributed by atoms with Crippen LogP contribution in [0.25, 0.3) is 0 Å². The van der Waals surface area contributed by atoms with Crippen molar-refractivity contribution in [2.75, 3.05) is 5.32 Å². The van der Waals surface area contributed by atoms with Crippen LogP contribution >= 0.6 is 15.9 Å². The normalized spacial score (nSPS) is 18.0. The molecule has 1 amide bonds. The van der Waals surface area contributed by atoms with Crippen molar-refractivity contribution in [1.82, 2.24) is 0 Å². The molecule has 2 nitrogen and oxygen atoms in total. The van der Waals surface area contributed by atoms with Crippen molar-refractivity contribution in [3.05, 3.63) is 29.8 Å². The highest BCUT2D eigenvalue weighted by atomic mass is 79.9. The van der Waals surface area contributed by atoms with E-state index in [0.29, 0.717) is 12.3 Å². The van der Waals surface area contributed by atoms with E-state index in [1.807, 2.05) is 18.2 Å². The molecule has 1 fully saturated rings. The number of carbonyl (C=O) groups excluding carboxylic acids is 1. The maximum atomic E-state index is 12.1. The molecule has 2 rings (SSSR count). The fourth-order valence-corrected chi connectivity index (χ4v) is 3.21. The summed E-state index contributed by atoms with van der Waals surface area (Å²) in [5, 5.41) is 3.07. The third-order valence-electron chi connectivity index (χ3n) is 3.86. The lowest BCUT2D eigenvalue weighted by molar-refractivity contribution is -0.117. The van der Waals surface area contributed by atoms with Crippen LogP contribution in [0, 0.1) is 5.92 Å². The second kappa shape index (κ2) is 7.09. The number of amides is 1. The molecule has 1 atom stereocenters. The lowest BCUT2D eigenvalue weighted by Crippen LogP contribution is -2.19. The van der Waals surface area contributed by atoms with Crippen LogP contribution < -0.4 is 5.32 Å². The Morgan fingerprint density at radius 1 is 1.32 bits per heavy atom. The minimum atomic E-state index is 0.160. The van der Waals surface area contributed by atoms with Crippen LogP contribution in [-0.4, -0.2) is 5.91 Å². The molecule has 1 aliphatic rings. The van der Waals surface area contributed by atoms with Gasteiger partial charge in [-0.3, -0.25) is 4.79 Å². The van der Waals surface area contributed by atoms with E-state index < -0.39 is 0 Å². The fraction of sp³-hybridized carbons (Fsp3) is 0.562. The Kier molecular flexibility index (Phi) is 5.44. The molecule has 1 saturated carbocycles. The number of hydrogen-bond acceptors (Lipinski definition) is 1. The van der Waals surface area contributed by atoms with Crippen molar-refractivity contribution in [2.24, 2.45) is 5.92 Å². The van der Waals surface area contributed by atoms with Crippen LogP contribution in [0.2, 0.25) is 0 Å². The summed E-state index contributed by atoms with van der Waals surface area (Å²) in [5.41, 5.74) is 2.08. The van der Waals surface area contributed by atoms with Crippen molar-refractivity contribution in [2.45, 2.75) is 50.3 Å². The number of para-hydroxylation sites is 1. The van der Waals surface area contributed by atoms with Gasteiger partial charge in [0, 0.05) is 16.9 Å². The third-order valence-corrected chi connectivity index (χ3v) is 4.36. The number of carbonyl (C=O) groups is 1. The minimum Gasteiger partial charge on any atom is -0.326 e. The summed E-state index contributed by atoms with van der Waals surface area (Å²) in [6.45, 7) is 2.08. The van der Waals surface area contributed by atoms with Gasteiger partial charge in [0.2, 0.25) is 5.91 Å². The van der Waals surface area contributed by atoms with Crippen LogP contribution in [0.3, 0.4) is 0 Å². The van der Waals surface area contributed by atoms with Gasteiger partial charge in [0.25, 0.3) is 0 Å². The number of hydrogen-bond donors (Lipinski definition) is 1. The number of anilines is 1. The molecule has 0 heterocycles. The first-order valence-electron chi connectivity index (χ1n) is 7.19. The van der Waals surface area contributed by atoms with Gasteiger partial charge in [-0.1, -0.05) is 53.4 Å². The van der Waals surface area contributed by atoms with Crippen molar-refractivity contribution < 1.29 is 4.79 Å². The Bertz CT molecular complexity index is 425. The average molecular weight is 324 g/mol. The summed E-state index contributed by atoms with van der Waals surface area (Å²) in [7, 11) is 0. The minimum absolute atomic E-state index is 0.160. The molecule has 19 heavy (non-hydrogen) atoms. The Balaban J connectivity index is 1.94. The van der Waals surface area contributed by atoms with Crippen LogP contribution in [-0.2, 0) is 4.79 Å². The van der Waals surface area contributed by atoms with Gasteiger partial charge < -0.3 is 5.32 Å². The molecule has 1 aromatic carbocycles. The summed E-state index contributed by atoms with van der Waals surface area (Å²) in [6, 6.07) is 8.00. The van der Waals surface area contributed by atoms with Gasteiger partial charge in [0.05, 0.1) is 0 Å². The summed E-state index contributed by atoms with van der Waals surface area (Å²) in [4.78, 5) is 12.4. The van der Waals surface area contributed by atoms with E-state index >= 15 is 0 Å².